The van der Waals surface area contributed by atoms with Gasteiger partial charge in [-0.1, -0.05) is 40.2 Å². The molecular formula is C25H17BrFN3O5. The molecule has 4 rings (SSSR count). The maximum Gasteiger partial charge on any atom is 0.335 e. The number of halogens is 2. The van der Waals surface area contributed by atoms with Gasteiger partial charge < -0.3 is 10.1 Å². The fourth-order valence-electron chi connectivity index (χ4n) is 3.21. The van der Waals surface area contributed by atoms with Crippen LogP contribution in [0, 0.1) is 5.82 Å². The van der Waals surface area contributed by atoms with E-state index in [9.17, 15) is 23.6 Å². The van der Waals surface area contributed by atoms with E-state index in [2.05, 4.69) is 26.6 Å². The molecule has 1 aliphatic heterocycles. The Bertz CT molecular complexity index is 1340. The third-order valence-corrected chi connectivity index (χ3v) is 5.42. The zero-order valence-corrected chi connectivity index (χ0v) is 19.5. The Kier molecular flexibility index (Phi) is 7.02. The smallest absolute Gasteiger partial charge is 0.335 e. The molecule has 0 unspecified atom stereocenters. The van der Waals surface area contributed by atoms with Crippen LogP contribution in [0.5, 0.6) is 5.75 Å². The van der Waals surface area contributed by atoms with Crippen molar-refractivity contribution in [2.45, 2.75) is 0 Å². The first-order chi connectivity index (χ1) is 16.8. The molecule has 1 fully saturated rings. The molecule has 1 aliphatic rings. The summed E-state index contributed by atoms with van der Waals surface area (Å²) in [5, 5.41) is 4.58. The van der Waals surface area contributed by atoms with Crippen LogP contribution in [0.25, 0.3) is 6.08 Å². The molecule has 8 nitrogen and oxygen atoms in total. The van der Waals surface area contributed by atoms with Gasteiger partial charge in [0.1, 0.15) is 17.1 Å². The van der Waals surface area contributed by atoms with Crippen molar-refractivity contribution in [3.05, 3.63) is 94.2 Å². The number of hydrogen-bond acceptors (Lipinski definition) is 5. The van der Waals surface area contributed by atoms with E-state index in [-0.39, 0.29) is 17.9 Å². The fraction of sp³-hybridized carbons (Fsp3) is 0.0400. The third-order valence-electron chi connectivity index (χ3n) is 4.90. The molecule has 0 aliphatic carbocycles. The van der Waals surface area contributed by atoms with E-state index in [0.717, 1.165) is 9.37 Å². The molecule has 35 heavy (non-hydrogen) atoms. The molecule has 1 saturated heterocycles. The van der Waals surface area contributed by atoms with Gasteiger partial charge in [0.05, 0.1) is 11.4 Å². The molecular weight excluding hydrogens is 521 g/mol. The Morgan fingerprint density at radius 1 is 1.00 bits per heavy atom. The highest BCUT2D eigenvalue weighted by molar-refractivity contribution is 9.10. The standard InChI is InChI=1S/C25H17BrFN3O5/c26-16-7-9-17(10-8-16)30-24(33)19(23(32)29-25(30)34)13-15-5-11-18(12-6-15)35-14-22(31)28-21-4-2-1-3-20(21)27/h1-13H,14H2,(H,28,31)(H,29,32,34)/b19-13+. The van der Waals surface area contributed by atoms with Gasteiger partial charge in [-0.05, 0) is 60.2 Å². The summed E-state index contributed by atoms with van der Waals surface area (Å²) >= 11 is 3.29. The molecule has 0 aromatic heterocycles. The van der Waals surface area contributed by atoms with Crippen molar-refractivity contribution in [2.75, 3.05) is 16.8 Å². The Morgan fingerprint density at radius 3 is 2.37 bits per heavy atom. The normalized spacial score (nSPS) is 14.6. The first kappa shape index (κ1) is 23.8. The van der Waals surface area contributed by atoms with Crippen LogP contribution in [-0.4, -0.2) is 30.4 Å². The van der Waals surface area contributed by atoms with Gasteiger partial charge in [0, 0.05) is 4.47 Å². The minimum Gasteiger partial charge on any atom is -0.484 e. The van der Waals surface area contributed by atoms with Crippen molar-refractivity contribution >= 4 is 57.1 Å². The van der Waals surface area contributed by atoms with Crippen molar-refractivity contribution in [3.63, 3.8) is 0 Å². The van der Waals surface area contributed by atoms with Crippen LogP contribution in [0.3, 0.4) is 0 Å². The molecule has 176 valence electrons. The van der Waals surface area contributed by atoms with Gasteiger partial charge in [0.2, 0.25) is 0 Å². The monoisotopic (exact) mass is 537 g/mol. The van der Waals surface area contributed by atoms with E-state index in [1.165, 1.54) is 24.3 Å². The zero-order chi connectivity index (χ0) is 24.9. The fourth-order valence-corrected chi connectivity index (χ4v) is 3.47. The Labute approximate surface area is 207 Å². The summed E-state index contributed by atoms with van der Waals surface area (Å²) in [6.07, 6.45) is 1.35. The largest absolute Gasteiger partial charge is 0.484 e. The predicted octanol–water partition coefficient (Wildman–Crippen LogP) is 4.27. The lowest BCUT2D eigenvalue weighted by molar-refractivity contribution is -0.122. The van der Waals surface area contributed by atoms with Crippen LogP contribution in [-0.2, 0) is 14.4 Å². The number of nitrogens with zero attached hydrogens (tertiary/aromatic N) is 1. The average Bonchev–Trinajstić information content (AvgIpc) is 2.84. The summed E-state index contributed by atoms with van der Waals surface area (Å²) in [5.41, 5.74) is 0.642. The Hall–Kier alpha value is -4.31. The summed E-state index contributed by atoms with van der Waals surface area (Å²) < 4.78 is 19.8. The molecule has 2 N–H and O–H groups in total. The van der Waals surface area contributed by atoms with Gasteiger partial charge in [0.25, 0.3) is 17.7 Å². The molecule has 0 saturated carbocycles. The summed E-state index contributed by atoms with van der Waals surface area (Å²) in [7, 11) is 0. The maximum atomic E-state index is 13.6. The van der Waals surface area contributed by atoms with Crippen molar-refractivity contribution < 1.29 is 28.3 Å². The number of carbonyl (C=O) groups is 4. The first-order valence-corrected chi connectivity index (χ1v) is 11.1. The average molecular weight is 538 g/mol. The highest BCUT2D eigenvalue weighted by atomic mass is 79.9. The van der Waals surface area contributed by atoms with Gasteiger partial charge in [0.15, 0.2) is 6.61 Å². The Morgan fingerprint density at radius 2 is 1.69 bits per heavy atom. The zero-order valence-electron chi connectivity index (χ0n) is 18.0. The van der Waals surface area contributed by atoms with E-state index in [4.69, 9.17) is 4.74 Å². The van der Waals surface area contributed by atoms with Crippen LogP contribution in [0.2, 0.25) is 0 Å². The third kappa shape index (κ3) is 5.61. The van der Waals surface area contributed by atoms with E-state index < -0.39 is 29.6 Å². The predicted molar refractivity (Wildman–Crippen MR) is 130 cm³/mol. The number of ether oxygens (including phenoxy) is 1. The number of barbiturate groups is 1. The molecule has 0 atom stereocenters. The number of carbonyl (C=O) groups excluding carboxylic acids is 4. The van der Waals surface area contributed by atoms with Gasteiger partial charge in [-0.3, -0.25) is 19.7 Å². The second-order valence-corrected chi connectivity index (χ2v) is 8.24. The van der Waals surface area contributed by atoms with Gasteiger partial charge >= 0.3 is 6.03 Å². The number of amides is 5. The van der Waals surface area contributed by atoms with Crippen LogP contribution >= 0.6 is 15.9 Å². The molecule has 0 spiro atoms. The molecule has 0 bridgehead atoms. The lowest BCUT2D eigenvalue weighted by atomic mass is 10.1. The summed E-state index contributed by atoms with van der Waals surface area (Å²) in [4.78, 5) is 50.4. The minimum atomic E-state index is -0.836. The molecule has 5 amide bonds. The second kappa shape index (κ2) is 10.3. The van der Waals surface area contributed by atoms with Gasteiger partial charge in [-0.15, -0.1) is 0 Å². The number of para-hydroxylation sites is 1. The van der Waals surface area contributed by atoms with E-state index in [1.54, 1.807) is 54.6 Å². The molecule has 0 radical (unpaired) electrons. The highest BCUT2D eigenvalue weighted by Crippen LogP contribution is 2.24. The second-order valence-electron chi connectivity index (χ2n) is 7.32. The number of urea groups is 1. The van der Waals surface area contributed by atoms with Crippen LogP contribution in [0.15, 0.2) is 82.8 Å². The number of nitrogens with one attached hydrogen (secondary N) is 2. The number of rotatable bonds is 6. The van der Waals surface area contributed by atoms with Crippen molar-refractivity contribution in [1.29, 1.82) is 0 Å². The first-order valence-electron chi connectivity index (χ1n) is 10.3. The molecule has 10 heteroatoms. The topological polar surface area (TPSA) is 105 Å². The quantitative estimate of drug-likeness (QED) is 0.361. The number of anilines is 2. The highest BCUT2D eigenvalue weighted by Gasteiger charge is 2.36. The lowest BCUT2D eigenvalue weighted by Crippen LogP contribution is -2.54. The van der Waals surface area contributed by atoms with Crippen molar-refractivity contribution in [1.82, 2.24) is 5.32 Å². The van der Waals surface area contributed by atoms with Gasteiger partial charge in [-0.2, -0.15) is 0 Å². The van der Waals surface area contributed by atoms with Crippen LogP contribution < -0.4 is 20.3 Å². The SMILES string of the molecule is O=C(COc1ccc(/C=C2\C(=O)NC(=O)N(c3ccc(Br)cc3)C2=O)cc1)Nc1ccccc1F. The van der Waals surface area contributed by atoms with Crippen LogP contribution in [0.4, 0.5) is 20.6 Å². The lowest BCUT2D eigenvalue weighted by Gasteiger charge is -2.26. The summed E-state index contributed by atoms with van der Waals surface area (Å²) in [6, 6.07) is 17.7. The number of hydrogen-bond donors (Lipinski definition) is 2. The molecule has 3 aromatic rings. The Balaban J connectivity index is 1.43. The maximum absolute atomic E-state index is 13.6. The van der Waals surface area contributed by atoms with E-state index in [1.807, 2.05) is 0 Å². The summed E-state index contributed by atoms with van der Waals surface area (Å²) in [6.45, 7) is -0.347. The number of benzene rings is 3. The number of imide groups is 2. The van der Waals surface area contributed by atoms with Crippen molar-refractivity contribution in [3.8, 4) is 5.75 Å². The van der Waals surface area contributed by atoms with Gasteiger partial charge in [-0.25, -0.2) is 14.1 Å². The minimum absolute atomic E-state index is 0.0501. The summed E-state index contributed by atoms with van der Waals surface area (Å²) in [5.74, 6) is -2.31. The van der Waals surface area contributed by atoms with E-state index >= 15 is 0 Å². The van der Waals surface area contributed by atoms with E-state index in [0.29, 0.717) is 17.0 Å². The van der Waals surface area contributed by atoms with Crippen LogP contribution in [0.1, 0.15) is 5.56 Å². The molecule has 3 aromatic carbocycles. The van der Waals surface area contributed by atoms with Crippen molar-refractivity contribution in [2.24, 2.45) is 0 Å². The molecule has 1 heterocycles.